The number of Topliss-reactive ketones (excluding diaryl/α,β-unsaturated/α-hetero) is 1. The number of hydrogen-bond acceptors (Lipinski definition) is 2. The second-order valence-corrected chi connectivity index (χ2v) is 4.73. The lowest BCUT2D eigenvalue weighted by Crippen LogP contribution is -2.41. The Bertz CT molecular complexity index is 652. The van der Waals surface area contributed by atoms with Crippen LogP contribution in [0.3, 0.4) is 0 Å². The fourth-order valence-electron chi connectivity index (χ4n) is 2.69. The molecular formula is C14H12N2O. The molecule has 1 fully saturated rings. The minimum atomic E-state index is -0.592. The Balaban J connectivity index is 2.22. The van der Waals surface area contributed by atoms with Crippen LogP contribution in [-0.2, 0) is 17.3 Å². The third-order valence-electron chi connectivity index (χ3n) is 3.65. The zero-order chi connectivity index (χ0) is 12.0. The molecule has 3 rings (SSSR count). The van der Waals surface area contributed by atoms with Crippen LogP contribution in [0.2, 0.25) is 0 Å². The molecule has 3 nitrogen and oxygen atoms in total. The smallest absolute Gasteiger partial charge is 0.136 e. The number of aryl methyl sites for hydroxylation is 1. The van der Waals surface area contributed by atoms with Crippen LogP contribution < -0.4 is 0 Å². The maximum Gasteiger partial charge on any atom is 0.136 e. The van der Waals surface area contributed by atoms with Gasteiger partial charge in [0.15, 0.2) is 0 Å². The van der Waals surface area contributed by atoms with Crippen LogP contribution in [0, 0.1) is 11.3 Å². The Labute approximate surface area is 99.3 Å². The number of carbonyl (C=O) groups excluding carboxylic acids is 1. The van der Waals surface area contributed by atoms with Gasteiger partial charge < -0.3 is 4.57 Å². The summed E-state index contributed by atoms with van der Waals surface area (Å²) in [6.07, 6.45) is 0.710. The van der Waals surface area contributed by atoms with E-state index in [0.29, 0.717) is 12.8 Å². The summed E-state index contributed by atoms with van der Waals surface area (Å²) in [6.45, 7) is 0. The second kappa shape index (κ2) is 3.21. The minimum Gasteiger partial charge on any atom is -0.346 e. The number of carbonyl (C=O) groups is 1. The number of benzene rings is 1. The van der Waals surface area contributed by atoms with Crippen molar-refractivity contribution in [2.75, 3.05) is 0 Å². The van der Waals surface area contributed by atoms with Gasteiger partial charge in [-0.15, -0.1) is 0 Å². The predicted octanol–water partition coefficient (Wildman–Crippen LogP) is 2.30. The van der Waals surface area contributed by atoms with Crippen molar-refractivity contribution in [1.82, 2.24) is 4.57 Å². The molecule has 1 aromatic heterocycles. The second-order valence-electron chi connectivity index (χ2n) is 4.73. The third kappa shape index (κ3) is 1.24. The van der Waals surface area contributed by atoms with E-state index in [-0.39, 0.29) is 5.78 Å². The van der Waals surface area contributed by atoms with Crippen LogP contribution >= 0.6 is 0 Å². The first kappa shape index (κ1) is 10.1. The van der Waals surface area contributed by atoms with Gasteiger partial charge in [0.05, 0.1) is 6.07 Å². The molecule has 0 N–H and O–H groups in total. The molecule has 2 aromatic rings. The maximum atomic E-state index is 11.2. The summed E-state index contributed by atoms with van der Waals surface area (Å²) in [5.74, 6) is 0.178. The van der Waals surface area contributed by atoms with Crippen molar-refractivity contribution in [3.63, 3.8) is 0 Å². The van der Waals surface area contributed by atoms with Gasteiger partial charge in [-0.05, 0) is 17.5 Å². The standard InChI is InChI=1S/C14H12N2O/c1-16-12-5-3-2-4-10(12)6-13(16)14(9-15)7-11(17)8-14/h2-6H,7-8H2,1H3. The average Bonchev–Trinajstić information content (AvgIpc) is 2.64. The molecule has 0 unspecified atom stereocenters. The molecule has 1 aliphatic carbocycles. The van der Waals surface area contributed by atoms with Crippen LogP contribution in [0.15, 0.2) is 30.3 Å². The van der Waals surface area contributed by atoms with Crippen molar-refractivity contribution < 1.29 is 4.79 Å². The zero-order valence-electron chi connectivity index (χ0n) is 9.60. The van der Waals surface area contributed by atoms with Gasteiger partial charge in [0.2, 0.25) is 0 Å². The van der Waals surface area contributed by atoms with Gasteiger partial charge in [0.25, 0.3) is 0 Å². The molecule has 0 bridgehead atoms. The summed E-state index contributed by atoms with van der Waals surface area (Å²) in [5, 5.41) is 10.5. The monoisotopic (exact) mass is 224 g/mol. The SMILES string of the molecule is Cn1c(C2(C#N)CC(=O)C2)cc2ccccc21. The molecule has 17 heavy (non-hydrogen) atoms. The zero-order valence-corrected chi connectivity index (χ0v) is 9.60. The Morgan fingerprint density at radius 3 is 2.65 bits per heavy atom. The minimum absolute atomic E-state index is 0.178. The van der Waals surface area contributed by atoms with Gasteiger partial charge in [-0.3, -0.25) is 4.79 Å². The number of rotatable bonds is 1. The lowest BCUT2D eigenvalue weighted by Gasteiger charge is -2.34. The van der Waals surface area contributed by atoms with Crippen molar-refractivity contribution in [2.45, 2.75) is 18.3 Å². The van der Waals surface area contributed by atoms with E-state index in [1.807, 2.05) is 41.9 Å². The molecule has 1 aliphatic rings. The quantitative estimate of drug-likeness (QED) is 0.746. The molecule has 0 atom stereocenters. The largest absolute Gasteiger partial charge is 0.346 e. The predicted molar refractivity (Wildman–Crippen MR) is 64.5 cm³/mol. The van der Waals surface area contributed by atoms with Gasteiger partial charge in [-0.2, -0.15) is 5.26 Å². The summed E-state index contributed by atoms with van der Waals surface area (Å²) in [4.78, 5) is 11.2. The fourth-order valence-corrected chi connectivity index (χ4v) is 2.69. The van der Waals surface area contributed by atoms with E-state index in [0.717, 1.165) is 16.6 Å². The summed E-state index contributed by atoms with van der Waals surface area (Å²) >= 11 is 0. The number of ketones is 1. The highest BCUT2D eigenvalue weighted by molar-refractivity contribution is 5.91. The topological polar surface area (TPSA) is 45.8 Å². The average molecular weight is 224 g/mol. The Morgan fingerprint density at radius 1 is 1.35 bits per heavy atom. The first-order valence-corrected chi connectivity index (χ1v) is 5.64. The van der Waals surface area contributed by atoms with Crippen LogP contribution in [0.5, 0.6) is 0 Å². The van der Waals surface area contributed by atoms with Crippen LogP contribution in [-0.4, -0.2) is 10.4 Å². The molecular weight excluding hydrogens is 212 g/mol. The van der Waals surface area contributed by atoms with Gasteiger partial charge in [0, 0.05) is 31.1 Å². The van der Waals surface area contributed by atoms with E-state index in [2.05, 4.69) is 6.07 Å². The molecule has 0 spiro atoms. The molecule has 1 saturated carbocycles. The normalized spacial score (nSPS) is 17.8. The number of nitrogens with zero attached hydrogens (tertiary/aromatic N) is 2. The number of hydrogen-bond donors (Lipinski definition) is 0. The van der Waals surface area contributed by atoms with E-state index in [4.69, 9.17) is 0 Å². The highest BCUT2D eigenvalue weighted by atomic mass is 16.1. The summed E-state index contributed by atoms with van der Waals surface area (Å²) < 4.78 is 2.03. The molecule has 1 aromatic carbocycles. The highest BCUT2D eigenvalue weighted by Crippen LogP contribution is 2.42. The molecule has 0 aliphatic heterocycles. The van der Waals surface area contributed by atoms with Gasteiger partial charge in [-0.1, -0.05) is 18.2 Å². The van der Waals surface area contributed by atoms with Crippen molar-refractivity contribution in [3.8, 4) is 6.07 Å². The summed E-state index contributed by atoms with van der Waals surface area (Å²) in [6, 6.07) is 12.4. The van der Waals surface area contributed by atoms with Gasteiger partial charge in [0.1, 0.15) is 11.2 Å². The molecule has 1 heterocycles. The van der Waals surface area contributed by atoms with Crippen molar-refractivity contribution >= 4 is 16.7 Å². The Hall–Kier alpha value is -2.08. The Kier molecular flexibility index (Phi) is 1.90. The number of fused-ring (bicyclic) bond motifs is 1. The maximum absolute atomic E-state index is 11.2. The summed E-state index contributed by atoms with van der Waals surface area (Å²) in [7, 11) is 1.96. The van der Waals surface area contributed by atoms with Gasteiger partial charge in [-0.25, -0.2) is 0 Å². The van der Waals surface area contributed by atoms with Crippen molar-refractivity contribution in [1.29, 1.82) is 5.26 Å². The van der Waals surface area contributed by atoms with Crippen LogP contribution in [0.4, 0.5) is 0 Å². The van der Waals surface area contributed by atoms with Crippen LogP contribution in [0.1, 0.15) is 18.5 Å². The number of nitriles is 1. The first-order valence-electron chi connectivity index (χ1n) is 5.64. The number of aromatic nitrogens is 1. The lowest BCUT2D eigenvalue weighted by atomic mass is 9.67. The Morgan fingerprint density at radius 2 is 2.06 bits per heavy atom. The van der Waals surface area contributed by atoms with Gasteiger partial charge >= 0.3 is 0 Å². The van der Waals surface area contributed by atoms with E-state index >= 15 is 0 Å². The molecule has 0 saturated heterocycles. The fraction of sp³-hybridized carbons (Fsp3) is 0.286. The molecule has 84 valence electrons. The van der Waals surface area contributed by atoms with E-state index in [1.165, 1.54) is 0 Å². The third-order valence-corrected chi connectivity index (χ3v) is 3.65. The summed E-state index contributed by atoms with van der Waals surface area (Å²) in [5.41, 5.74) is 1.47. The van der Waals surface area contributed by atoms with E-state index in [1.54, 1.807) is 0 Å². The molecule has 3 heteroatoms. The van der Waals surface area contributed by atoms with Crippen LogP contribution in [0.25, 0.3) is 10.9 Å². The molecule has 0 radical (unpaired) electrons. The van der Waals surface area contributed by atoms with E-state index in [9.17, 15) is 10.1 Å². The molecule has 0 amide bonds. The highest BCUT2D eigenvalue weighted by Gasteiger charge is 2.47. The van der Waals surface area contributed by atoms with Crippen molar-refractivity contribution in [2.24, 2.45) is 7.05 Å². The lowest BCUT2D eigenvalue weighted by molar-refractivity contribution is -0.126. The number of para-hydroxylation sites is 1. The first-order chi connectivity index (χ1) is 8.16. The van der Waals surface area contributed by atoms with Crippen molar-refractivity contribution in [3.05, 3.63) is 36.0 Å². The van der Waals surface area contributed by atoms with E-state index < -0.39 is 5.41 Å².